The number of rotatable bonds is 9. The summed E-state index contributed by atoms with van der Waals surface area (Å²) in [7, 11) is 0. The number of ether oxygens (including phenoxy) is 1. The molecule has 0 aliphatic rings. The average Bonchev–Trinajstić information content (AvgIpc) is 2.18. The largest absolute Gasteiger partial charge is 0.466 e. The van der Waals surface area contributed by atoms with Gasteiger partial charge in [-0.05, 0) is 19.3 Å². The lowest BCUT2D eigenvalue weighted by atomic mass is 10.1. The van der Waals surface area contributed by atoms with Gasteiger partial charge in [-0.1, -0.05) is 20.3 Å². The molecule has 0 rings (SSSR count). The molecular weight excluding hydrogens is 192 g/mol. The average molecular weight is 214 g/mol. The normalized spacial score (nSPS) is 10.0. The number of carbonyl (C=O) groups excluding carboxylic acids is 2. The van der Waals surface area contributed by atoms with Crippen molar-refractivity contribution >= 4 is 11.8 Å². The SMILES string of the molecule is CCCCOC(=O)CCCC(=O)CCC. The fourth-order valence-corrected chi connectivity index (χ4v) is 1.24. The van der Waals surface area contributed by atoms with E-state index in [2.05, 4.69) is 6.92 Å². The van der Waals surface area contributed by atoms with Crippen molar-refractivity contribution in [2.75, 3.05) is 6.61 Å². The van der Waals surface area contributed by atoms with Crippen molar-refractivity contribution in [1.82, 2.24) is 0 Å². The highest BCUT2D eigenvalue weighted by Crippen LogP contribution is 2.03. The Kier molecular flexibility index (Phi) is 9.13. The molecule has 3 nitrogen and oxygen atoms in total. The lowest BCUT2D eigenvalue weighted by molar-refractivity contribution is -0.143. The first kappa shape index (κ1) is 14.1. The summed E-state index contributed by atoms with van der Waals surface area (Å²) in [5, 5.41) is 0. The van der Waals surface area contributed by atoms with Gasteiger partial charge >= 0.3 is 5.97 Å². The molecule has 0 heterocycles. The van der Waals surface area contributed by atoms with Crippen molar-refractivity contribution in [3.05, 3.63) is 0 Å². The topological polar surface area (TPSA) is 43.4 Å². The summed E-state index contributed by atoms with van der Waals surface area (Å²) in [6.07, 6.45) is 4.98. The van der Waals surface area contributed by atoms with E-state index in [1.54, 1.807) is 0 Å². The highest BCUT2D eigenvalue weighted by molar-refractivity contribution is 5.79. The number of hydrogen-bond donors (Lipinski definition) is 0. The molecule has 0 aliphatic carbocycles. The van der Waals surface area contributed by atoms with Crippen LogP contribution >= 0.6 is 0 Å². The minimum atomic E-state index is -0.173. The summed E-state index contributed by atoms with van der Waals surface area (Å²) < 4.78 is 4.97. The fraction of sp³-hybridized carbons (Fsp3) is 0.833. The highest BCUT2D eigenvalue weighted by Gasteiger charge is 2.05. The van der Waals surface area contributed by atoms with Gasteiger partial charge in [-0.15, -0.1) is 0 Å². The molecule has 0 amide bonds. The van der Waals surface area contributed by atoms with E-state index >= 15 is 0 Å². The van der Waals surface area contributed by atoms with Gasteiger partial charge in [-0.2, -0.15) is 0 Å². The molecule has 3 heteroatoms. The maximum absolute atomic E-state index is 11.1. The van der Waals surface area contributed by atoms with Gasteiger partial charge in [0.15, 0.2) is 0 Å². The zero-order chi connectivity index (χ0) is 11.5. The molecule has 0 aromatic heterocycles. The second-order valence-electron chi connectivity index (χ2n) is 3.72. The second kappa shape index (κ2) is 9.69. The monoisotopic (exact) mass is 214 g/mol. The molecule has 0 aromatic rings. The zero-order valence-electron chi connectivity index (χ0n) is 9.88. The van der Waals surface area contributed by atoms with Crippen molar-refractivity contribution in [3.63, 3.8) is 0 Å². The van der Waals surface area contributed by atoms with Crippen LogP contribution in [0, 0.1) is 0 Å². The molecule has 88 valence electrons. The molecular formula is C12H22O3. The molecule has 0 atom stereocenters. The highest BCUT2D eigenvalue weighted by atomic mass is 16.5. The first-order valence-electron chi connectivity index (χ1n) is 5.88. The van der Waals surface area contributed by atoms with Crippen molar-refractivity contribution < 1.29 is 14.3 Å². The lowest BCUT2D eigenvalue weighted by Gasteiger charge is -2.03. The van der Waals surface area contributed by atoms with Gasteiger partial charge < -0.3 is 4.74 Å². The summed E-state index contributed by atoms with van der Waals surface area (Å²) >= 11 is 0. The third-order valence-corrected chi connectivity index (χ3v) is 2.13. The maximum atomic E-state index is 11.1. The van der Waals surface area contributed by atoms with E-state index < -0.39 is 0 Å². The molecule has 0 bridgehead atoms. The predicted octanol–water partition coefficient (Wildman–Crippen LogP) is 2.87. The molecule has 0 saturated carbocycles. The molecule has 0 N–H and O–H groups in total. The van der Waals surface area contributed by atoms with Crippen LogP contribution in [0.25, 0.3) is 0 Å². The van der Waals surface area contributed by atoms with Gasteiger partial charge in [0.05, 0.1) is 6.61 Å². The van der Waals surface area contributed by atoms with Crippen LogP contribution < -0.4 is 0 Å². The summed E-state index contributed by atoms with van der Waals surface area (Å²) in [4.78, 5) is 22.3. The van der Waals surface area contributed by atoms with Crippen molar-refractivity contribution in [2.45, 2.75) is 58.8 Å². The molecule has 0 saturated heterocycles. The number of esters is 1. The number of Topliss-reactive ketones (excluding diaryl/α,β-unsaturated/α-hetero) is 1. The van der Waals surface area contributed by atoms with E-state index in [9.17, 15) is 9.59 Å². The second-order valence-corrected chi connectivity index (χ2v) is 3.72. The molecule has 0 spiro atoms. The Labute approximate surface area is 92.2 Å². The number of hydrogen-bond acceptors (Lipinski definition) is 3. The van der Waals surface area contributed by atoms with Gasteiger partial charge in [0.25, 0.3) is 0 Å². The van der Waals surface area contributed by atoms with E-state index in [1.165, 1.54) is 0 Å². The predicted molar refractivity (Wildman–Crippen MR) is 59.6 cm³/mol. The Morgan fingerprint density at radius 1 is 0.933 bits per heavy atom. The summed E-state index contributed by atoms with van der Waals surface area (Å²) in [6.45, 7) is 4.55. The molecule has 0 aliphatic heterocycles. The molecule has 0 radical (unpaired) electrons. The Hall–Kier alpha value is -0.860. The van der Waals surface area contributed by atoms with Gasteiger partial charge in [0.2, 0.25) is 0 Å². The van der Waals surface area contributed by atoms with Crippen molar-refractivity contribution in [3.8, 4) is 0 Å². The summed E-state index contributed by atoms with van der Waals surface area (Å²) in [6, 6.07) is 0. The first-order chi connectivity index (χ1) is 7.20. The Morgan fingerprint density at radius 2 is 1.67 bits per heavy atom. The van der Waals surface area contributed by atoms with Crippen LogP contribution in [-0.2, 0) is 14.3 Å². The lowest BCUT2D eigenvalue weighted by Crippen LogP contribution is -2.06. The van der Waals surface area contributed by atoms with Gasteiger partial charge in [-0.3, -0.25) is 9.59 Å². The molecule has 0 fully saturated rings. The fourth-order valence-electron chi connectivity index (χ4n) is 1.24. The van der Waals surface area contributed by atoms with E-state index in [0.717, 1.165) is 19.3 Å². The van der Waals surface area contributed by atoms with E-state index in [1.807, 2.05) is 6.92 Å². The standard InChI is InChI=1S/C12H22O3/c1-3-5-10-15-12(14)9-6-8-11(13)7-4-2/h3-10H2,1-2H3. The van der Waals surface area contributed by atoms with E-state index in [-0.39, 0.29) is 11.8 Å². The number of unbranched alkanes of at least 4 members (excludes halogenated alkanes) is 1. The van der Waals surface area contributed by atoms with Gasteiger partial charge in [-0.25, -0.2) is 0 Å². The van der Waals surface area contributed by atoms with Gasteiger partial charge in [0.1, 0.15) is 5.78 Å². The third kappa shape index (κ3) is 9.44. The van der Waals surface area contributed by atoms with Crippen molar-refractivity contribution in [1.29, 1.82) is 0 Å². The minimum absolute atomic E-state index is 0.173. The van der Waals surface area contributed by atoms with E-state index in [0.29, 0.717) is 32.3 Å². The molecule has 15 heavy (non-hydrogen) atoms. The Bertz CT molecular complexity index is 187. The van der Waals surface area contributed by atoms with Crippen LogP contribution in [0.3, 0.4) is 0 Å². The Morgan fingerprint density at radius 3 is 2.27 bits per heavy atom. The van der Waals surface area contributed by atoms with Crippen LogP contribution in [-0.4, -0.2) is 18.4 Å². The zero-order valence-corrected chi connectivity index (χ0v) is 9.88. The summed E-state index contributed by atoms with van der Waals surface area (Å²) in [5.41, 5.74) is 0. The van der Waals surface area contributed by atoms with E-state index in [4.69, 9.17) is 4.74 Å². The quantitative estimate of drug-likeness (QED) is 0.438. The molecule has 0 unspecified atom stereocenters. The molecule has 0 aromatic carbocycles. The van der Waals surface area contributed by atoms with Crippen LogP contribution in [0.5, 0.6) is 0 Å². The third-order valence-electron chi connectivity index (χ3n) is 2.13. The first-order valence-corrected chi connectivity index (χ1v) is 5.88. The van der Waals surface area contributed by atoms with Crippen LogP contribution in [0.2, 0.25) is 0 Å². The smallest absolute Gasteiger partial charge is 0.305 e. The minimum Gasteiger partial charge on any atom is -0.466 e. The van der Waals surface area contributed by atoms with Crippen LogP contribution in [0.1, 0.15) is 58.8 Å². The number of ketones is 1. The Balaban J connectivity index is 3.34. The van der Waals surface area contributed by atoms with Crippen molar-refractivity contribution in [2.24, 2.45) is 0 Å². The van der Waals surface area contributed by atoms with Gasteiger partial charge in [0, 0.05) is 19.3 Å². The number of carbonyl (C=O) groups is 2. The summed E-state index contributed by atoms with van der Waals surface area (Å²) in [5.74, 6) is 0.0756. The van der Waals surface area contributed by atoms with Crippen LogP contribution in [0.4, 0.5) is 0 Å². The van der Waals surface area contributed by atoms with Crippen LogP contribution in [0.15, 0.2) is 0 Å². The maximum Gasteiger partial charge on any atom is 0.305 e.